The molecule has 0 radical (unpaired) electrons. The lowest BCUT2D eigenvalue weighted by Gasteiger charge is -2.18. The average molecular weight is 737 g/mol. The SMILES string of the molecule is CC\C=C/C=C\C=C/C=C\C=C/CCCC(=O)OCC(COC(=O)CCCCCCC/C=C\CCCC)OC(=O)CCCCCCC/C=C\CCCC. The summed E-state index contributed by atoms with van der Waals surface area (Å²) in [6.07, 6.45) is 51.4. The second kappa shape index (κ2) is 41.3. The molecule has 0 bridgehead atoms. The van der Waals surface area contributed by atoms with Gasteiger partial charge in [-0.3, -0.25) is 14.4 Å². The standard InChI is InChI=1S/C47H76O6/c1-4-7-10-13-16-19-22-23-26-28-31-34-37-40-46(49)52-43-44(53-47(50)41-38-35-32-29-25-21-18-15-12-9-6-3)42-51-45(48)39-36-33-30-27-24-20-17-14-11-8-5-2/h7,10,13-19,22-23,26,28,31,44H,4-6,8-9,11-12,20-21,24-25,27,29-30,32-43H2,1-3H3/b10-7-,16-13-,17-14-,18-15-,22-19-,26-23-,31-28-. The van der Waals surface area contributed by atoms with Crippen LogP contribution in [0, 0.1) is 0 Å². The summed E-state index contributed by atoms with van der Waals surface area (Å²) in [4.78, 5) is 37.6. The Kier molecular flexibility index (Phi) is 38.7. The van der Waals surface area contributed by atoms with E-state index in [1.165, 1.54) is 51.4 Å². The molecular weight excluding hydrogens is 661 g/mol. The number of carbonyl (C=O) groups excluding carboxylic acids is 3. The summed E-state index contributed by atoms with van der Waals surface area (Å²) in [5.74, 6) is -1.02. The Morgan fingerprint density at radius 1 is 0.396 bits per heavy atom. The van der Waals surface area contributed by atoms with Crippen molar-refractivity contribution in [1.29, 1.82) is 0 Å². The zero-order valence-corrected chi connectivity index (χ0v) is 34.0. The fourth-order valence-electron chi connectivity index (χ4n) is 5.25. The van der Waals surface area contributed by atoms with Crippen LogP contribution in [0.4, 0.5) is 0 Å². The van der Waals surface area contributed by atoms with Crippen molar-refractivity contribution in [2.24, 2.45) is 0 Å². The van der Waals surface area contributed by atoms with Crippen molar-refractivity contribution in [3.63, 3.8) is 0 Å². The third kappa shape index (κ3) is 39.6. The second-order valence-electron chi connectivity index (χ2n) is 13.6. The first-order chi connectivity index (χ1) is 26.0. The van der Waals surface area contributed by atoms with E-state index < -0.39 is 6.10 Å². The molecule has 0 heterocycles. The normalized spacial score (nSPS) is 12.9. The molecule has 300 valence electrons. The molecule has 0 N–H and O–H groups in total. The van der Waals surface area contributed by atoms with E-state index in [2.05, 4.69) is 51.2 Å². The minimum atomic E-state index is -0.809. The summed E-state index contributed by atoms with van der Waals surface area (Å²) in [6.45, 7) is 6.30. The quantitative estimate of drug-likeness (QED) is 0.0209. The van der Waals surface area contributed by atoms with Gasteiger partial charge in [0.1, 0.15) is 13.2 Å². The number of hydrogen-bond acceptors (Lipinski definition) is 6. The summed E-state index contributed by atoms with van der Waals surface area (Å²) in [6, 6.07) is 0. The van der Waals surface area contributed by atoms with Crippen molar-refractivity contribution < 1.29 is 28.6 Å². The monoisotopic (exact) mass is 737 g/mol. The highest BCUT2D eigenvalue weighted by Gasteiger charge is 2.19. The Morgan fingerprint density at radius 3 is 1.26 bits per heavy atom. The van der Waals surface area contributed by atoms with Gasteiger partial charge in [-0.25, -0.2) is 0 Å². The number of esters is 3. The van der Waals surface area contributed by atoms with Gasteiger partial charge in [0.25, 0.3) is 0 Å². The van der Waals surface area contributed by atoms with Gasteiger partial charge in [-0.1, -0.05) is 170 Å². The lowest BCUT2D eigenvalue weighted by Crippen LogP contribution is -2.30. The Labute approximate surface area is 325 Å². The maximum absolute atomic E-state index is 12.7. The summed E-state index contributed by atoms with van der Waals surface area (Å²) in [7, 11) is 0. The van der Waals surface area contributed by atoms with Gasteiger partial charge in [0.2, 0.25) is 0 Å². The van der Waals surface area contributed by atoms with Crippen LogP contribution >= 0.6 is 0 Å². The fraction of sp³-hybridized carbons (Fsp3) is 0.638. The lowest BCUT2D eigenvalue weighted by atomic mass is 10.1. The largest absolute Gasteiger partial charge is 0.462 e. The van der Waals surface area contributed by atoms with Crippen LogP contribution in [-0.4, -0.2) is 37.2 Å². The third-order valence-corrected chi connectivity index (χ3v) is 8.48. The lowest BCUT2D eigenvalue weighted by molar-refractivity contribution is -0.167. The molecule has 0 aromatic carbocycles. The Morgan fingerprint density at radius 2 is 0.774 bits per heavy atom. The van der Waals surface area contributed by atoms with Crippen LogP contribution in [0.2, 0.25) is 0 Å². The predicted molar refractivity (Wildman–Crippen MR) is 224 cm³/mol. The fourth-order valence-corrected chi connectivity index (χ4v) is 5.25. The molecule has 0 saturated carbocycles. The van der Waals surface area contributed by atoms with Gasteiger partial charge in [-0.05, 0) is 70.6 Å². The van der Waals surface area contributed by atoms with Gasteiger partial charge in [0.15, 0.2) is 6.10 Å². The van der Waals surface area contributed by atoms with E-state index in [4.69, 9.17) is 14.2 Å². The molecule has 53 heavy (non-hydrogen) atoms. The first-order valence-electron chi connectivity index (χ1n) is 21.2. The van der Waals surface area contributed by atoms with Gasteiger partial charge in [0, 0.05) is 19.3 Å². The molecule has 6 heteroatoms. The molecule has 0 fully saturated rings. The molecule has 0 aromatic rings. The van der Waals surface area contributed by atoms with Crippen molar-refractivity contribution in [2.75, 3.05) is 13.2 Å². The van der Waals surface area contributed by atoms with Gasteiger partial charge in [0.05, 0.1) is 0 Å². The molecule has 0 aliphatic carbocycles. The minimum Gasteiger partial charge on any atom is -0.462 e. The van der Waals surface area contributed by atoms with Gasteiger partial charge in [-0.2, -0.15) is 0 Å². The number of unbranched alkanes of at least 4 members (excludes halogenated alkanes) is 15. The first kappa shape index (κ1) is 49.6. The van der Waals surface area contributed by atoms with Crippen LogP contribution in [0.15, 0.2) is 85.1 Å². The summed E-state index contributed by atoms with van der Waals surface area (Å²) < 4.78 is 16.6. The van der Waals surface area contributed by atoms with Crippen molar-refractivity contribution in [1.82, 2.24) is 0 Å². The summed E-state index contributed by atoms with van der Waals surface area (Å²) >= 11 is 0. The molecule has 1 atom stereocenters. The van der Waals surface area contributed by atoms with Crippen LogP contribution in [0.1, 0.15) is 175 Å². The number of hydrogen-bond donors (Lipinski definition) is 0. The van der Waals surface area contributed by atoms with Crippen LogP contribution in [0.25, 0.3) is 0 Å². The highest BCUT2D eigenvalue weighted by atomic mass is 16.6. The molecule has 0 aromatic heterocycles. The van der Waals surface area contributed by atoms with Crippen molar-refractivity contribution >= 4 is 17.9 Å². The first-order valence-corrected chi connectivity index (χ1v) is 21.2. The predicted octanol–water partition coefficient (Wildman–Crippen LogP) is 13.3. The van der Waals surface area contributed by atoms with E-state index in [1.54, 1.807) is 0 Å². The average Bonchev–Trinajstić information content (AvgIpc) is 3.15. The number of ether oxygens (including phenoxy) is 3. The van der Waals surface area contributed by atoms with Crippen LogP contribution in [-0.2, 0) is 28.6 Å². The number of allylic oxidation sites excluding steroid dienone is 14. The van der Waals surface area contributed by atoms with Crippen molar-refractivity contribution in [3.8, 4) is 0 Å². The van der Waals surface area contributed by atoms with Crippen LogP contribution in [0.3, 0.4) is 0 Å². The van der Waals surface area contributed by atoms with E-state index in [0.717, 1.165) is 77.0 Å². The topological polar surface area (TPSA) is 78.9 Å². The zero-order valence-electron chi connectivity index (χ0n) is 34.0. The van der Waals surface area contributed by atoms with E-state index in [-0.39, 0.29) is 37.5 Å². The molecule has 0 saturated heterocycles. The Bertz CT molecular complexity index is 1080. The molecule has 0 spiro atoms. The van der Waals surface area contributed by atoms with E-state index in [9.17, 15) is 14.4 Å². The van der Waals surface area contributed by atoms with Crippen LogP contribution < -0.4 is 0 Å². The molecule has 0 aliphatic rings. The summed E-state index contributed by atoms with van der Waals surface area (Å²) in [5, 5.41) is 0. The molecular formula is C47H76O6. The van der Waals surface area contributed by atoms with E-state index >= 15 is 0 Å². The smallest absolute Gasteiger partial charge is 0.306 e. The van der Waals surface area contributed by atoms with Gasteiger partial charge < -0.3 is 14.2 Å². The van der Waals surface area contributed by atoms with Crippen molar-refractivity contribution in [3.05, 3.63) is 85.1 Å². The third-order valence-electron chi connectivity index (χ3n) is 8.48. The van der Waals surface area contributed by atoms with E-state index in [0.29, 0.717) is 19.3 Å². The maximum Gasteiger partial charge on any atom is 0.306 e. The Balaban J connectivity index is 4.54. The Hall–Kier alpha value is -3.41. The number of rotatable bonds is 36. The van der Waals surface area contributed by atoms with Gasteiger partial charge in [-0.15, -0.1) is 0 Å². The highest BCUT2D eigenvalue weighted by Crippen LogP contribution is 2.12. The molecule has 0 aliphatic heterocycles. The molecule has 1 unspecified atom stereocenters. The van der Waals surface area contributed by atoms with Gasteiger partial charge >= 0.3 is 17.9 Å². The molecule has 0 rings (SSSR count). The molecule has 6 nitrogen and oxygen atoms in total. The molecule has 0 amide bonds. The second-order valence-corrected chi connectivity index (χ2v) is 13.6. The maximum atomic E-state index is 12.7. The van der Waals surface area contributed by atoms with Crippen molar-refractivity contribution in [2.45, 2.75) is 181 Å². The van der Waals surface area contributed by atoms with Crippen LogP contribution in [0.5, 0.6) is 0 Å². The summed E-state index contributed by atoms with van der Waals surface area (Å²) in [5.41, 5.74) is 0. The zero-order chi connectivity index (χ0) is 38.7. The highest BCUT2D eigenvalue weighted by molar-refractivity contribution is 5.71. The van der Waals surface area contributed by atoms with E-state index in [1.807, 2.05) is 54.7 Å². The number of carbonyl (C=O) groups is 3. The minimum absolute atomic E-state index is 0.108.